The topological polar surface area (TPSA) is 81.1 Å². The molecule has 3 heterocycles. The minimum Gasteiger partial charge on any atom is -0.455 e. The highest BCUT2D eigenvalue weighted by molar-refractivity contribution is 6.26. The van der Waals surface area contributed by atoms with Crippen molar-refractivity contribution >= 4 is 55.2 Å². The van der Waals surface area contributed by atoms with Crippen molar-refractivity contribution in [3.05, 3.63) is 108 Å². The first-order valence-corrected chi connectivity index (χ1v) is 11.9. The van der Waals surface area contributed by atoms with Gasteiger partial charge in [-0.1, -0.05) is 30.3 Å². The number of pyridine rings is 1. The van der Waals surface area contributed by atoms with Gasteiger partial charge < -0.3 is 15.5 Å². The lowest BCUT2D eigenvalue weighted by Gasteiger charge is -2.08. The maximum atomic E-state index is 13.8. The molecule has 0 saturated carbocycles. The van der Waals surface area contributed by atoms with Crippen molar-refractivity contribution in [2.45, 2.75) is 6.54 Å². The zero-order valence-corrected chi connectivity index (χ0v) is 19.6. The van der Waals surface area contributed by atoms with Crippen molar-refractivity contribution in [2.24, 2.45) is 0 Å². The Kier molecular flexibility index (Phi) is 4.63. The summed E-state index contributed by atoms with van der Waals surface area (Å²) in [5.74, 6) is 0.0469. The zero-order valence-electron chi connectivity index (χ0n) is 19.6. The number of nitrogens with zero attached hydrogens (tertiary/aromatic N) is 1. The summed E-state index contributed by atoms with van der Waals surface area (Å²) in [6.45, 7) is 0.387. The van der Waals surface area contributed by atoms with Gasteiger partial charge in [0.25, 0.3) is 5.91 Å². The number of rotatable bonds is 4. The molecule has 6 heteroatoms. The fourth-order valence-corrected chi connectivity index (χ4v) is 5.11. The maximum absolute atomic E-state index is 13.8. The number of anilines is 1. The van der Waals surface area contributed by atoms with E-state index in [2.05, 4.69) is 10.3 Å². The van der Waals surface area contributed by atoms with Gasteiger partial charge in [0.2, 0.25) is 0 Å². The van der Waals surface area contributed by atoms with Gasteiger partial charge >= 0.3 is 0 Å². The summed E-state index contributed by atoms with van der Waals surface area (Å²) in [4.78, 5) is 17.1. The van der Waals surface area contributed by atoms with Gasteiger partial charge in [-0.25, -0.2) is 9.37 Å². The molecule has 0 unspecified atom stereocenters. The highest BCUT2D eigenvalue weighted by atomic mass is 19.1. The molecule has 4 aromatic carbocycles. The third kappa shape index (κ3) is 3.45. The van der Waals surface area contributed by atoms with Gasteiger partial charge in [0.15, 0.2) is 0 Å². The second-order valence-corrected chi connectivity index (χ2v) is 9.23. The van der Waals surface area contributed by atoms with Gasteiger partial charge in [0, 0.05) is 45.2 Å². The van der Waals surface area contributed by atoms with Crippen LogP contribution in [0.25, 0.3) is 54.6 Å². The molecule has 0 aliphatic rings. The quantitative estimate of drug-likeness (QED) is 0.262. The Morgan fingerprint density at radius 3 is 2.43 bits per heavy atom. The van der Waals surface area contributed by atoms with E-state index in [1.165, 1.54) is 12.1 Å². The molecule has 0 aliphatic carbocycles. The van der Waals surface area contributed by atoms with Crippen LogP contribution in [0.1, 0.15) is 15.9 Å². The summed E-state index contributed by atoms with van der Waals surface area (Å²) < 4.78 is 19.9. The number of halogens is 1. The Bertz CT molecular complexity index is 1990. The van der Waals surface area contributed by atoms with Crippen LogP contribution < -0.4 is 11.1 Å². The van der Waals surface area contributed by atoms with E-state index in [1.807, 2.05) is 66.7 Å². The lowest BCUT2D eigenvalue weighted by Crippen LogP contribution is -2.22. The lowest BCUT2D eigenvalue weighted by molar-refractivity contribution is 0.0951. The number of nitrogens with two attached hydrogens (primary N) is 1. The van der Waals surface area contributed by atoms with E-state index in [-0.39, 0.29) is 11.7 Å². The first kappa shape index (κ1) is 21.3. The molecule has 0 aliphatic heterocycles. The van der Waals surface area contributed by atoms with Crippen molar-refractivity contribution in [3.63, 3.8) is 0 Å². The average molecular weight is 486 g/mol. The molecule has 0 spiro atoms. The molecular formula is C31H20FN3O2. The second kappa shape index (κ2) is 8.03. The third-order valence-corrected chi connectivity index (χ3v) is 6.95. The van der Waals surface area contributed by atoms with E-state index >= 15 is 0 Å². The van der Waals surface area contributed by atoms with Crippen LogP contribution in [0.4, 0.5) is 10.2 Å². The van der Waals surface area contributed by atoms with Gasteiger partial charge in [-0.3, -0.25) is 4.79 Å². The minimum absolute atomic E-state index is 0.167. The molecule has 0 atom stereocenters. The van der Waals surface area contributed by atoms with Crippen LogP contribution in [-0.4, -0.2) is 10.9 Å². The van der Waals surface area contributed by atoms with Crippen LogP contribution >= 0.6 is 0 Å². The number of carbonyl (C=O) groups excluding carboxylic acids is 1. The summed E-state index contributed by atoms with van der Waals surface area (Å²) in [7, 11) is 0. The van der Waals surface area contributed by atoms with E-state index < -0.39 is 0 Å². The Morgan fingerprint density at radius 2 is 1.57 bits per heavy atom. The predicted molar refractivity (Wildman–Crippen MR) is 145 cm³/mol. The number of fused-ring (bicyclic) bond motifs is 9. The van der Waals surface area contributed by atoms with Crippen molar-refractivity contribution in [1.29, 1.82) is 0 Å². The van der Waals surface area contributed by atoms with Crippen LogP contribution in [0.2, 0.25) is 0 Å². The van der Waals surface area contributed by atoms with Crippen molar-refractivity contribution in [2.75, 3.05) is 5.73 Å². The van der Waals surface area contributed by atoms with Gasteiger partial charge in [0.05, 0.1) is 0 Å². The smallest absolute Gasteiger partial charge is 0.251 e. The first-order chi connectivity index (χ1) is 18.0. The Labute approximate surface area is 210 Å². The Morgan fingerprint density at radius 1 is 0.811 bits per heavy atom. The van der Waals surface area contributed by atoms with Crippen LogP contribution in [0, 0.1) is 5.82 Å². The highest BCUT2D eigenvalue weighted by Gasteiger charge is 2.19. The molecule has 1 amide bonds. The zero-order chi connectivity index (χ0) is 25.1. The predicted octanol–water partition coefficient (Wildman–Crippen LogP) is 7.04. The monoisotopic (exact) mass is 485 g/mol. The molecule has 0 fully saturated rings. The number of carbonyl (C=O) groups is 1. The van der Waals surface area contributed by atoms with Crippen LogP contribution in [0.15, 0.2) is 95.5 Å². The van der Waals surface area contributed by atoms with Crippen LogP contribution in [0.3, 0.4) is 0 Å². The molecule has 37 heavy (non-hydrogen) atoms. The standard InChI is InChI=1S/C31H20FN3O2/c32-22-3-1-2-18(13-22)19-5-8-24-26(14-19)29-27-15-21(6-9-25(27)28(24)37-29)31(36)35-16-17-4-7-23-20(12-17)10-11-34-30(23)33/h1-15H,16H2,(H2,33,34)(H,35,36). The number of benzene rings is 5. The van der Waals surface area contributed by atoms with E-state index in [4.69, 9.17) is 10.2 Å². The highest BCUT2D eigenvalue weighted by Crippen LogP contribution is 2.42. The van der Waals surface area contributed by atoms with E-state index in [0.29, 0.717) is 17.9 Å². The Hall–Kier alpha value is -4.97. The minimum atomic E-state index is -0.274. The molecule has 3 aromatic heterocycles. The fourth-order valence-electron chi connectivity index (χ4n) is 5.11. The number of nitrogen functional groups attached to an aromatic ring is 1. The van der Waals surface area contributed by atoms with E-state index in [1.54, 1.807) is 12.3 Å². The first-order valence-electron chi connectivity index (χ1n) is 11.9. The second-order valence-electron chi connectivity index (χ2n) is 9.23. The molecule has 0 saturated heterocycles. The normalized spacial score (nSPS) is 11.7. The number of nitrogens with one attached hydrogen (secondary N) is 1. The van der Waals surface area contributed by atoms with Crippen molar-refractivity contribution in [3.8, 4) is 11.1 Å². The SMILES string of the molecule is Nc1nccc2cc(CNC(=O)c3ccc4c(c3)c3oc4c4ccc(-c5cccc(F)c5)cc43)ccc12. The van der Waals surface area contributed by atoms with Crippen LogP contribution in [-0.2, 0) is 6.54 Å². The van der Waals surface area contributed by atoms with Gasteiger partial charge in [-0.15, -0.1) is 0 Å². The summed E-state index contributed by atoms with van der Waals surface area (Å²) >= 11 is 0. The molecule has 178 valence electrons. The Balaban J connectivity index is 1.20. The van der Waals surface area contributed by atoms with Crippen molar-refractivity contribution < 1.29 is 13.6 Å². The number of aromatic nitrogens is 1. The van der Waals surface area contributed by atoms with Crippen molar-refractivity contribution in [1.82, 2.24) is 10.3 Å². The maximum Gasteiger partial charge on any atom is 0.251 e. The molecule has 3 N–H and O–H groups in total. The van der Waals surface area contributed by atoms with E-state index in [0.717, 1.165) is 60.2 Å². The average Bonchev–Trinajstić information content (AvgIpc) is 3.49. The van der Waals surface area contributed by atoms with Gasteiger partial charge in [0.1, 0.15) is 22.8 Å². The summed E-state index contributed by atoms with van der Waals surface area (Å²) in [5.41, 5.74) is 10.7. The molecule has 0 radical (unpaired) electrons. The molecule has 7 aromatic rings. The number of hydrogen-bond acceptors (Lipinski definition) is 4. The largest absolute Gasteiger partial charge is 0.455 e. The molecular weight excluding hydrogens is 465 g/mol. The number of amides is 1. The van der Waals surface area contributed by atoms with E-state index in [9.17, 15) is 9.18 Å². The van der Waals surface area contributed by atoms with Gasteiger partial charge in [-0.2, -0.15) is 0 Å². The molecule has 2 bridgehead atoms. The summed E-state index contributed by atoms with van der Waals surface area (Å²) in [5, 5.41) is 8.70. The third-order valence-electron chi connectivity index (χ3n) is 6.95. The number of hydrogen-bond donors (Lipinski definition) is 2. The summed E-state index contributed by atoms with van der Waals surface area (Å²) in [6, 6.07) is 25.9. The lowest BCUT2D eigenvalue weighted by atomic mass is 9.97. The fraction of sp³-hybridized carbons (Fsp3) is 0.0323. The van der Waals surface area contributed by atoms with Crippen LogP contribution in [0.5, 0.6) is 0 Å². The van der Waals surface area contributed by atoms with Gasteiger partial charge in [-0.05, 0) is 76.7 Å². The number of furan rings is 2. The summed E-state index contributed by atoms with van der Waals surface area (Å²) in [6.07, 6.45) is 1.68. The molecule has 7 rings (SSSR count). The molecule has 5 nitrogen and oxygen atoms in total.